The molecule has 2 aromatic carbocycles. The van der Waals surface area contributed by atoms with Gasteiger partial charge in [0.25, 0.3) is 0 Å². The summed E-state index contributed by atoms with van der Waals surface area (Å²) in [7, 11) is 0. The molecule has 0 bridgehead atoms. The molecular formula is C22H23Cl2FN2. The van der Waals surface area contributed by atoms with E-state index in [2.05, 4.69) is 43.7 Å². The van der Waals surface area contributed by atoms with E-state index >= 15 is 0 Å². The van der Waals surface area contributed by atoms with Crippen LogP contribution in [0.25, 0.3) is 5.57 Å². The first-order chi connectivity index (χ1) is 12.7. The predicted octanol–water partition coefficient (Wildman–Crippen LogP) is 7.30. The van der Waals surface area contributed by atoms with E-state index in [4.69, 9.17) is 23.2 Å². The molecule has 2 nitrogen and oxygen atoms in total. The van der Waals surface area contributed by atoms with Crippen molar-refractivity contribution in [3.8, 4) is 0 Å². The first kappa shape index (κ1) is 19.9. The summed E-state index contributed by atoms with van der Waals surface area (Å²) >= 11 is 12.1. The van der Waals surface area contributed by atoms with Crippen molar-refractivity contribution >= 4 is 46.4 Å². The number of anilines is 1. The van der Waals surface area contributed by atoms with Crippen LogP contribution in [0.1, 0.15) is 45.2 Å². The maximum absolute atomic E-state index is 14.8. The molecule has 0 aliphatic carbocycles. The molecule has 2 aromatic rings. The highest BCUT2D eigenvalue weighted by molar-refractivity contribution is 6.36. The van der Waals surface area contributed by atoms with Crippen molar-refractivity contribution in [2.24, 2.45) is 4.99 Å². The molecule has 0 N–H and O–H groups in total. The van der Waals surface area contributed by atoms with Crippen LogP contribution in [-0.2, 0) is 0 Å². The number of hydrogen-bond donors (Lipinski definition) is 0. The van der Waals surface area contributed by atoms with Gasteiger partial charge in [0, 0.05) is 34.6 Å². The van der Waals surface area contributed by atoms with Crippen molar-refractivity contribution in [3.05, 3.63) is 63.4 Å². The van der Waals surface area contributed by atoms with Gasteiger partial charge in [0.05, 0.1) is 16.2 Å². The third kappa shape index (κ3) is 4.04. The van der Waals surface area contributed by atoms with Crippen LogP contribution in [0.4, 0.5) is 15.8 Å². The molecule has 0 unspecified atom stereocenters. The lowest BCUT2D eigenvalue weighted by atomic mass is 9.87. The van der Waals surface area contributed by atoms with Crippen molar-refractivity contribution < 1.29 is 4.39 Å². The molecule has 0 radical (unpaired) electrons. The fourth-order valence-electron chi connectivity index (χ4n) is 3.57. The van der Waals surface area contributed by atoms with E-state index < -0.39 is 0 Å². The summed E-state index contributed by atoms with van der Waals surface area (Å²) in [5, 5.41) is 0.974. The lowest BCUT2D eigenvalue weighted by Crippen LogP contribution is -2.45. The second-order valence-electron chi connectivity index (χ2n) is 7.38. The lowest BCUT2D eigenvalue weighted by Gasteiger charge is -2.43. The van der Waals surface area contributed by atoms with E-state index in [1.165, 1.54) is 6.21 Å². The highest BCUT2D eigenvalue weighted by atomic mass is 35.5. The van der Waals surface area contributed by atoms with Gasteiger partial charge in [-0.3, -0.25) is 4.99 Å². The fourth-order valence-corrected chi connectivity index (χ4v) is 4.03. The van der Waals surface area contributed by atoms with Crippen molar-refractivity contribution in [1.82, 2.24) is 0 Å². The summed E-state index contributed by atoms with van der Waals surface area (Å²) in [5.41, 5.74) is 3.95. The van der Waals surface area contributed by atoms with Gasteiger partial charge in [-0.05, 0) is 63.1 Å². The summed E-state index contributed by atoms with van der Waals surface area (Å²) in [6, 6.07) is 8.53. The van der Waals surface area contributed by atoms with Crippen LogP contribution in [0.2, 0.25) is 10.0 Å². The summed E-state index contributed by atoms with van der Waals surface area (Å²) in [4.78, 5) is 6.61. The second kappa shape index (κ2) is 7.65. The van der Waals surface area contributed by atoms with Crippen molar-refractivity contribution in [2.45, 2.75) is 39.7 Å². The van der Waals surface area contributed by atoms with Gasteiger partial charge in [0.1, 0.15) is 5.82 Å². The number of halogens is 3. The summed E-state index contributed by atoms with van der Waals surface area (Å²) < 4.78 is 14.8. The van der Waals surface area contributed by atoms with Crippen LogP contribution in [0, 0.1) is 5.82 Å². The average Bonchev–Trinajstić information content (AvgIpc) is 2.58. The van der Waals surface area contributed by atoms with Crippen LogP contribution in [0.3, 0.4) is 0 Å². The molecule has 0 spiro atoms. The van der Waals surface area contributed by atoms with Gasteiger partial charge >= 0.3 is 0 Å². The zero-order valence-electron chi connectivity index (χ0n) is 16.0. The third-order valence-corrected chi connectivity index (χ3v) is 5.33. The summed E-state index contributed by atoms with van der Waals surface area (Å²) in [6.45, 7) is 9.39. The van der Waals surface area contributed by atoms with Gasteiger partial charge in [0.15, 0.2) is 0 Å². The Morgan fingerprint density at radius 3 is 2.59 bits per heavy atom. The number of fused-ring (bicyclic) bond motifs is 1. The Kier molecular flexibility index (Phi) is 5.64. The fraction of sp³-hybridized carbons (Fsp3) is 0.318. The van der Waals surface area contributed by atoms with E-state index in [-0.39, 0.29) is 11.4 Å². The molecule has 5 heteroatoms. The first-order valence-electron chi connectivity index (χ1n) is 9.03. The van der Waals surface area contributed by atoms with Gasteiger partial charge in [0.2, 0.25) is 0 Å². The molecular weight excluding hydrogens is 382 g/mol. The zero-order valence-corrected chi connectivity index (χ0v) is 17.5. The number of rotatable bonds is 4. The summed E-state index contributed by atoms with van der Waals surface area (Å²) in [5.74, 6) is -0.297. The van der Waals surface area contributed by atoms with Gasteiger partial charge in [-0.1, -0.05) is 36.2 Å². The standard InChI is InChI=1S/C22H23Cl2FN2/c1-5-8-27-21-11-19(25)15(9-17(21)14(2)12-22(27,3)4)13-26-20-7-6-16(23)10-18(20)24/h6-7,9-13H,5,8H2,1-4H3. The molecule has 3 rings (SSSR count). The van der Waals surface area contributed by atoms with E-state index in [1.54, 1.807) is 24.3 Å². The zero-order chi connectivity index (χ0) is 19.8. The van der Waals surface area contributed by atoms with Crippen molar-refractivity contribution in [2.75, 3.05) is 11.4 Å². The molecule has 0 atom stereocenters. The van der Waals surface area contributed by atoms with E-state index in [1.807, 2.05) is 6.07 Å². The second-order valence-corrected chi connectivity index (χ2v) is 8.22. The highest BCUT2D eigenvalue weighted by Crippen LogP contribution is 2.40. The average molecular weight is 405 g/mol. The van der Waals surface area contributed by atoms with Gasteiger partial charge in [-0.15, -0.1) is 0 Å². The van der Waals surface area contributed by atoms with Crippen LogP contribution < -0.4 is 4.90 Å². The van der Waals surface area contributed by atoms with Crippen molar-refractivity contribution in [1.29, 1.82) is 0 Å². The minimum atomic E-state index is -0.297. The molecule has 0 saturated carbocycles. The Morgan fingerprint density at radius 2 is 1.93 bits per heavy atom. The maximum atomic E-state index is 14.8. The molecule has 1 heterocycles. The minimum absolute atomic E-state index is 0.147. The van der Waals surface area contributed by atoms with Gasteiger partial charge < -0.3 is 4.90 Å². The number of nitrogens with zero attached hydrogens (tertiary/aromatic N) is 2. The molecule has 1 aliphatic rings. The van der Waals surface area contributed by atoms with Gasteiger partial charge in [-0.25, -0.2) is 4.39 Å². The van der Waals surface area contributed by atoms with Crippen molar-refractivity contribution in [3.63, 3.8) is 0 Å². The monoisotopic (exact) mass is 404 g/mol. The molecule has 0 saturated heterocycles. The predicted molar refractivity (Wildman–Crippen MR) is 115 cm³/mol. The molecule has 0 fully saturated rings. The van der Waals surface area contributed by atoms with Crippen LogP contribution in [-0.4, -0.2) is 18.3 Å². The number of benzene rings is 2. The maximum Gasteiger partial charge on any atom is 0.134 e. The van der Waals surface area contributed by atoms with E-state index in [0.29, 0.717) is 21.3 Å². The molecule has 142 valence electrons. The molecule has 0 aromatic heterocycles. The normalized spacial score (nSPS) is 15.8. The largest absolute Gasteiger partial charge is 0.362 e. The highest BCUT2D eigenvalue weighted by Gasteiger charge is 2.31. The minimum Gasteiger partial charge on any atom is -0.362 e. The Bertz CT molecular complexity index is 932. The first-order valence-corrected chi connectivity index (χ1v) is 9.78. The smallest absolute Gasteiger partial charge is 0.134 e. The number of aliphatic imine (C=N–C) groups is 1. The van der Waals surface area contributed by atoms with Crippen LogP contribution in [0.15, 0.2) is 41.4 Å². The van der Waals surface area contributed by atoms with Crippen LogP contribution in [0.5, 0.6) is 0 Å². The lowest BCUT2D eigenvalue weighted by molar-refractivity contribution is 0.546. The Hall–Kier alpha value is -1.84. The van der Waals surface area contributed by atoms with Gasteiger partial charge in [-0.2, -0.15) is 0 Å². The quantitative estimate of drug-likeness (QED) is 0.488. The molecule has 0 amide bonds. The topological polar surface area (TPSA) is 15.6 Å². The van der Waals surface area contributed by atoms with E-state index in [9.17, 15) is 4.39 Å². The number of hydrogen-bond acceptors (Lipinski definition) is 2. The Balaban J connectivity index is 2.03. The SMILES string of the molecule is CCCN1c2cc(F)c(C=Nc3ccc(Cl)cc3Cl)cc2C(C)=CC1(C)C. The third-order valence-electron chi connectivity index (χ3n) is 4.80. The summed E-state index contributed by atoms with van der Waals surface area (Å²) in [6.07, 6.45) is 4.75. The number of allylic oxidation sites excluding steroid dienone is 1. The Morgan fingerprint density at radius 1 is 1.19 bits per heavy atom. The Labute approximate surface area is 170 Å². The van der Waals surface area contributed by atoms with E-state index in [0.717, 1.165) is 29.8 Å². The molecule has 27 heavy (non-hydrogen) atoms. The molecule has 1 aliphatic heterocycles. The van der Waals surface area contributed by atoms with Crippen LogP contribution >= 0.6 is 23.2 Å².